The van der Waals surface area contributed by atoms with E-state index >= 15 is 0 Å². The van der Waals surface area contributed by atoms with Gasteiger partial charge in [-0.2, -0.15) is 5.10 Å². The lowest BCUT2D eigenvalue weighted by Crippen LogP contribution is -2.51. The van der Waals surface area contributed by atoms with Crippen LogP contribution in [0, 0.1) is 11.8 Å². The third-order valence-corrected chi connectivity index (χ3v) is 30.8. The summed E-state index contributed by atoms with van der Waals surface area (Å²) in [7, 11) is -2.03. The predicted octanol–water partition coefficient (Wildman–Crippen LogP) is 21.3. The summed E-state index contributed by atoms with van der Waals surface area (Å²) in [5.74, 6) is 6.86. The van der Waals surface area contributed by atoms with Crippen molar-refractivity contribution in [2.45, 2.75) is 179 Å². The number of Topliss-reactive ketones (excluding diaryl/α,β-unsaturated/α-hetero) is 1. The number of aromatic nitrogens is 8. The molecule has 3 unspecified atom stereocenters. The van der Waals surface area contributed by atoms with Crippen LogP contribution in [-0.4, -0.2) is 91.9 Å². The van der Waals surface area contributed by atoms with E-state index in [1.54, 1.807) is 12.4 Å². The molecule has 0 radical (unpaired) electrons. The Morgan fingerprint density at radius 1 is 0.495 bits per heavy atom. The van der Waals surface area contributed by atoms with Crippen LogP contribution >= 0.6 is 23.2 Å². The second kappa shape index (κ2) is 34.3. The van der Waals surface area contributed by atoms with Crippen molar-refractivity contribution in [3.05, 3.63) is 298 Å². The number of nitrogens with zero attached hydrogens (tertiary/aromatic N) is 9. The fraction of sp³-hybridized carbons (Fsp3) is 0.333. The Bertz CT molecular complexity index is 4920. The monoisotopic (exact) mass is 1480 g/mol. The molecule has 7 aromatic heterocycles. The molecule has 107 heavy (non-hydrogen) atoms. The van der Waals surface area contributed by atoms with Gasteiger partial charge in [0.1, 0.15) is 11.3 Å². The van der Waals surface area contributed by atoms with E-state index in [9.17, 15) is 4.79 Å². The maximum absolute atomic E-state index is 14.3. The first-order valence-electron chi connectivity index (χ1n) is 38.6. The van der Waals surface area contributed by atoms with Gasteiger partial charge in [0.05, 0.1) is 27.5 Å². The summed E-state index contributed by atoms with van der Waals surface area (Å²) in [5, 5.41) is 16.5. The number of nitrogens with one attached hydrogen (secondary N) is 3. The van der Waals surface area contributed by atoms with Crippen LogP contribution in [0.3, 0.4) is 0 Å². The van der Waals surface area contributed by atoms with E-state index in [1.807, 2.05) is 24.7 Å². The maximum atomic E-state index is 14.3. The van der Waals surface area contributed by atoms with Gasteiger partial charge in [0.2, 0.25) is 0 Å². The van der Waals surface area contributed by atoms with Gasteiger partial charge in [0.15, 0.2) is 19.7 Å². The van der Waals surface area contributed by atoms with Crippen molar-refractivity contribution >= 4 is 86.9 Å². The van der Waals surface area contributed by atoms with Gasteiger partial charge in [-0.25, -0.2) is 19.9 Å². The lowest BCUT2D eigenvalue weighted by Gasteiger charge is -2.44. The van der Waals surface area contributed by atoms with Crippen LogP contribution in [0.5, 0.6) is 0 Å². The molecule has 16 rings (SSSR count). The summed E-state index contributed by atoms with van der Waals surface area (Å²) >= 11 is 13.4. The number of nitrogens with two attached hydrogens (primary N) is 1. The molecule has 6 aromatic carbocycles. The van der Waals surface area contributed by atoms with Gasteiger partial charge >= 0.3 is 0 Å². The zero-order chi connectivity index (χ0) is 74.0. The number of hydrogen-bond donors (Lipinski definition) is 4. The smallest absolute Gasteiger partial charge is 0.171 e. The van der Waals surface area contributed by atoms with Gasteiger partial charge < -0.3 is 20.2 Å². The average Bonchev–Trinajstić information content (AvgIpc) is 1.62. The molecule has 0 saturated heterocycles. The summed E-state index contributed by atoms with van der Waals surface area (Å²) in [5.41, 5.74) is 17.0. The maximum Gasteiger partial charge on any atom is 0.171 e. The fourth-order valence-corrected chi connectivity index (χ4v) is 25.6. The van der Waals surface area contributed by atoms with Crippen molar-refractivity contribution in [1.82, 2.24) is 54.0 Å². The zero-order valence-electron chi connectivity index (χ0n) is 62.6. The van der Waals surface area contributed by atoms with E-state index in [4.69, 9.17) is 34.0 Å². The van der Waals surface area contributed by atoms with Crippen molar-refractivity contribution in [1.29, 1.82) is 0 Å². The van der Waals surface area contributed by atoms with Crippen molar-refractivity contribution in [3.63, 3.8) is 0 Å². The second-order valence-electron chi connectivity index (χ2n) is 30.9. The number of fused-ring (bicyclic) bond motifs is 5. The number of halogens is 2. The molecule has 13 aromatic rings. The quantitative estimate of drug-likeness (QED) is 0.0151. The Balaban J connectivity index is 0.000000136. The number of H-pyrrole nitrogens is 3. The minimum absolute atomic E-state index is 0.0437. The van der Waals surface area contributed by atoms with Gasteiger partial charge in [0.25, 0.3) is 0 Å². The first kappa shape index (κ1) is 74.5. The van der Waals surface area contributed by atoms with Crippen molar-refractivity contribution in [3.8, 4) is 0 Å². The van der Waals surface area contributed by atoms with Crippen LogP contribution in [0.1, 0.15) is 160 Å². The van der Waals surface area contributed by atoms with Crippen LogP contribution in [0.15, 0.2) is 242 Å². The fourth-order valence-electron chi connectivity index (χ4n) is 18.6. The molecule has 0 bridgehead atoms. The number of carbonyl (C=O) groups is 1. The molecule has 0 spiro atoms. The molecule has 3 aliphatic rings. The van der Waals surface area contributed by atoms with Gasteiger partial charge in [-0.05, 0) is 132 Å². The number of hydrazone groups is 1. The Morgan fingerprint density at radius 2 is 0.944 bits per heavy atom. The Labute approximate surface area is 641 Å². The molecule has 3 aliphatic carbocycles. The van der Waals surface area contributed by atoms with Crippen molar-refractivity contribution in [2.75, 3.05) is 0 Å². The minimum Gasteiger partial charge on any atom is -0.359 e. The van der Waals surface area contributed by atoms with Crippen LogP contribution < -0.4 is 5.84 Å². The van der Waals surface area contributed by atoms with Crippen LogP contribution in [0.4, 0.5) is 0 Å². The highest BCUT2D eigenvalue weighted by atomic mass is 35.5. The standard InChI is InChI=1S/C36H46ClN3OSi.C27H28ClN5.C27H27N5/c1-25(2)42(26(3)4,27(5)6)40-20-19-32-34(33(37)22-38-36(32)40)35(41)30-17-18-31(21-30)39(23-28-13-9-7-10-14-28)24-29-15-11-8-12-16-29;28-24-16-31-27-23(13-14-30-27)25(24)26(32-29)21-11-12-22(15-21)33(17-19-7-3-1-4-8-19)18-20-9-5-2-6-10-20;1-3-7-19(8-4-1)17-32(18-20-9-5-2-6-10-20)22-12-11-21(15-22)26-25-23-13-14-28-27(23)29-16-24(25)30-31-26/h7-16,19-20,22,25-27,30-31H,17-18,21,23-24H2,1-6H3;1-10,13-14,16,21-22H,11-12,15,17-18,29H2,(H,30,31);1-10,13-14,16,21-22,30-31H,11-12,15,17-18H2/t30?,31-;2*21?,22-/m000/s1. The highest BCUT2D eigenvalue weighted by Crippen LogP contribution is 2.47. The van der Waals surface area contributed by atoms with Gasteiger partial charge in [0, 0.05) is 138 Å². The Hall–Kier alpha value is -9.32. The lowest BCUT2D eigenvalue weighted by atomic mass is 9.93. The highest BCUT2D eigenvalue weighted by molar-refractivity contribution is 6.82. The van der Waals surface area contributed by atoms with E-state index < -0.39 is 8.24 Å². The van der Waals surface area contributed by atoms with Crippen molar-refractivity contribution < 1.29 is 4.79 Å². The third kappa shape index (κ3) is 16.6. The molecule has 17 heteroatoms. The molecule has 6 atom stereocenters. The number of hydrogen-bond acceptors (Lipinski definition) is 10. The van der Waals surface area contributed by atoms with Gasteiger partial charge in [-0.3, -0.25) is 24.6 Å². The van der Waals surface area contributed by atoms with E-state index in [0.717, 1.165) is 134 Å². The second-order valence-corrected chi connectivity index (χ2v) is 37.4. The third-order valence-electron chi connectivity index (χ3n) is 23.5. The lowest BCUT2D eigenvalue weighted by molar-refractivity contribution is 0.0913. The number of benzene rings is 6. The van der Waals surface area contributed by atoms with E-state index in [0.29, 0.717) is 56.3 Å². The molecule has 0 amide bonds. The SMILES string of the molecule is CC(C)[Si](C(C)C)(C(C)C)n1ccc2c(C(=O)C3CC[C@H](N(Cc4ccccc4)Cc4ccccc4)C3)c(Cl)cnc21.NN=C(c1c(Cl)cnc2[nH]ccc12)C1CC[C@H](N(Cc2ccccc2)Cc2ccccc2)C1.c1ccc(CN(Cc2ccccc2)[C@H]2CCC(c3[nH][nH]c4cnc5nccc5c34)C2)cc1. The minimum atomic E-state index is -2.03. The summed E-state index contributed by atoms with van der Waals surface area (Å²) in [6, 6.07) is 72.0. The molecule has 0 aliphatic heterocycles. The number of aromatic amines is 3. The number of pyridine rings is 3. The summed E-state index contributed by atoms with van der Waals surface area (Å²) < 4.78 is 2.48. The number of rotatable bonds is 24. The summed E-state index contributed by atoms with van der Waals surface area (Å²) in [6.07, 6.45) is 20.7. The van der Waals surface area contributed by atoms with E-state index in [2.05, 4.69) is 296 Å². The van der Waals surface area contributed by atoms with Gasteiger partial charge in [-0.1, -0.05) is 247 Å². The largest absolute Gasteiger partial charge is 0.359 e. The summed E-state index contributed by atoms with van der Waals surface area (Å²) in [4.78, 5) is 43.4. The van der Waals surface area contributed by atoms with E-state index in [1.165, 1.54) is 57.3 Å². The average molecular weight is 1480 g/mol. The van der Waals surface area contributed by atoms with Gasteiger partial charge in [-0.15, -0.1) is 0 Å². The molecular weight excluding hydrogens is 1380 g/mol. The van der Waals surface area contributed by atoms with E-state index in [-0.39, 0.29) is 17.6 Å². The molecule has 7 heterocycles. The highest BCUT2D eigenvalue weighted by Gasteiger charge is 2.47. The van der Waals surface area contributed by atoms with Crippen molar-refractivity contribution in [2.24, 2.45) is 22.8 Å². The van der Waals surface area contributed by atoms with Crippen LogP contribution in [0.2, 0.25) is 26.7 Å². The molecule has 3 saturated carbocycles. The topological polar surface area (TPSA) is 169 Å². The summed E-state index contributed by atoms with van der Waals surface area (Å²) in [6.45, 7) is 19.7. The number of carbonyl (C=O) groups excluding carboxylic acids is 1. The molecule has 14 nitrogen and oxygen atoms in total. The van der Waals surface area contributed by atoms with Crippen LogP contribution in [0.25, 0.3) is 44.0 Å². The molecular formula is C90H101Cl2N13OSi. The Morgan fingerprint density at radius 3 is 1.43 bits per heavy atom. The molecule has 5 N–H and O–H groups in total. The number of ketones is 1. The normalized spacial score (nSPS) is 18.4. The zero-order valence-corrected chi connectivity index (χ0v) is 65.1. The first-order chi connectivity index (χ1) is 52.2. The Kier molecular flexibility index (Phi) is 23.9. The molecule has 550 valence electrons. The predicted molar refractivity (Wildman–Crippen MR) is 442 cm³/mol. The first-order valence-corrected chi connectivity index (χ1v) is 41.5. The van der Waals surface area contributed by atoms with Crippen LogP contribution in [-0.2, 0) is 39.3 Å². The molecule has 3 fully saturated rings.